The lowest BCUT2D eigenvalue weighted by molar-refractivity contribution is -0.113. The Morgan fingerprint density at radius 3 is 2.60 bits per heavy atom. The van der Waals surface area contributed by atoms with Crippen molar-refractivity contribution in [1.29, 1.82) is 0 Å². The number of hydrogen-bond donors (Lipinski definition) is 2. The molecule has 174 valence electrons. The molecule has 0 atom stereocenters. The number of benzene rings is 3. The van der Waals surface area contributed by atoms with Gasteiger partial charge in [0.15, 0.2) is 5.17 Å². The number of anilines is 2. The average Bonchev–Trinajstić information content (AvgIpc) is 3.20. The zero-order chi connectivity index (χ0) is 24.4. The Morgan fingerprint density at radius 1 is 0.943 bits per heavy atom. The van der Waals surface area contributed by atoms with Gasteiger partial charge in [-0.1, -0.05) is 41.9 Å². The van der Waals surface area contributed by atoms with Crippen molar-refractivity contribution in [3.05, 3.63) is 101 Å². The summed E-state index contributed by atoms with van der Waals surface area (Å²) in [5.41, 5.74) is 2.46. The lowest BCUT2D eigenvalue weighted by Crippen LogP contribution is -2.13. The summed E-state index contributed by atoms with van der Waals surface area (Å²) in [6.45, 7) is 0. The van der Waals surface area contributed by atoms with Gasteiger partial charge in [0.2, 0.25) is 0 Å². The highest BCUT2D eigenvalue weighted by atomic mass is 35.5. The van der Waals surface area contributed by atoms with Crippen molar-refractivity contribution < 1.29 is 13.2 Å². The minimum Gasteiger partial charge on any atom is -0.333 e. The summed E-state index contributed by atoms with van der Waals surface area (Å²) in [4.78, 5) is 21.5. The summed E-state index contributed by atoms with van der Waals surface area (Å²) < 4.78 is 27.8. The molecule has 1 aliphatic rings. The molecule has 0 spiro atoms. The predicted molar refractivity (Wildman–Crippen MR) is 142 cm³/mol. The fourth-order valence-corrected chi connectivity index (χ4v) is 5.47. The maximum Gasteiger partial charge on any atom is 0.286 e. The molecule has 0 saturated heterocycles. The Hall–Kier alpha value is -3.66. The summed E-state index contributed by atoms with van der Waals surface area (Å²) in [7, 11) is -3.76. The lowest BCUT2D eigenvalue weighted by atomic mass is 10.1. The quantitative estimate of drug-likeness (QED) is 0.324. The Labute approximate surface area is 211 Å². The van der Waals surface area contributed by atoms with E-state index in [1.54, 1.807) is 48.7 Å². The van der Waals surface area contributed by atoms with E-state index in [0.717, 1.165) is 16.5 Å². The summed E-state index contributed by atoms with van der Waals surface area (Å²) in [5.74, 6) is -0.374. The average molecular weight is 521 g/mol. The van der Waals surface area contributed by atoms with Crippen LogP contribution in [0.5, 0.6) is 0 Å². The molecule has 0 saturated carbocycles. The SMILES string of the molecule is O=C1N=C(Nc2cc(NS(=O)(=O)c3ccccc3)ccc2Cl)SC1=Cc1ccc2ncccc2c1. The topological polar surface area (TPSA) is 101 Å². The molecule has 10 heteroatoms. The highest BCUT2D eigenvalue weighted by Crippen LogP contribution is 2.33. The molecule has 1 aliphatic heterocycles. The van der Waals surface area contributed by atoms with Crippen LogP contribution in [0.2, 0.25) is 5.02 Å². The maximum atomic E-state index is 12.6. The molecule has 35 heavy (non-hydrogen) atoms. The smallest absolute Gasteiger partial charge is 0.286 e. The van der Waals surface area contributed by atoms with E-state index in [1.165, 1.54) is 23.9 Å². The third kappa shape index (κ3) is 5.22. The molecule has 1 amide bonds. The number of nitrogens with zero attached hydrogens (tertiary/aromatic N) is 2. The van der Waals surface area contributed by atoms with Crippen LogP contribution < -0.4 is 10.0 Å². The molecule has 4 aromatic rings. The van der Waals surface area contributed by atoms with E-state index in [2.05, 4.69) is 20.0 Å². The number of pyridine rings is 1. The largest absolute Gasteiger partial charge is 0.333 e. The monoisotopic (exact) mass is 520 g/mol. The van der Waals surface area contributed by atoms with Crippen LogP contribution in [0.1, 0.15) is 5.56 Å². The third-order valence-corrected chi connectivity index (χ3v) is 7.68. The Morgan fingerprint density at radius 2 is 1.77 bits per heavy atom. The van der Waals surface area contributed by atoms with Gasteiger partial charge in [-0.3, -0.25) is 14.5 Å². The van der Waals surface area contributed by atoms with Gasteiger partial charge in [0.05, 0.1) is 31.7 Å². The number of thioether (sulfide) groups is 1. The molecule has 2 heterocycles. The minimum atomic E-state index is -3.76. The summed E-state index contributed by atoms with van der Waals surface area (Å²) in [5, 5.41) is 4.69. The number of aliphatic imine (C=N–C) groups is 1. The minimum absolute atomic E-state index is 0.144. The van der Waals surface area contributed by atoms with Gasteiger partial charge < -0.3 is 5.32 Å². The molecule has 0 unspecified atom stereocenters. The molecule has 0 radical (unpaired) electrons. The van der Waals surface area contributed by atoms with E-state index in [9.17, 15) is 13.2 Å². The van der Waals surface area contributed by atoms with Crippen LogP contribution in [0.3, 0.4) is 0 Å². The number of aromatic nitrogens is 1. The highest BCUT2D eigenvalue weighted by molar-refractivity contribution is 8.18. The van der Waals surface area contributed by atoms with Crippen molar-refractivity contribution in [2.24, 2.45) is 4.99 Å². The fourth-order valence-electron chi connectivity index (χ4n) is 3.41. The first-order valence-electron chi connectivity index (χ1n) is 10.4. The van der Waals surface area contributed by atoms with Crippen LogP contribution in [0.25, 0.3) is 17.0 Å². The van der Waals surface area contributed by atoms with Crippen molar-refractivity contribution in [1.82, 2.24) is 4.98 Å². The fraction of sp³-hybridized carbons (Fsp3) is 0. The van der Waals surface area contributed by atoms with Crippen LogP contribution >= 0.6 is 23.4 Å². The van der Waals surface area contributed by atoms with Crippen molar-refractivity contribution in [3.63, 3.8) is 0 Å². The lowest BCUT2D eigenvalue weighted by Gasteiger charge is -2.12. The number of carbonyl (C=O) groups excluding carboxylic acids is 1. The van der Waals surface area contributed by atoms with Crippen LogP contribution in [0.15, 0.2) is 99.9 Å². The van der Waals surface area contributed by atoms with Crippen molar-refractivity contribution in [2.75, 3.05) is 10.0 Å². The summed E-state index contributed by atoms with van der Waals surface area (Å²) in [6.07, 6.45) is 3.50. The number of fused-ring (bicyclic) bond motifs is 1. The molecule has 1 aromatic heterocycles. The molecule has 3 aromatic carbocycles. The molecular weight excluding hydrogens is 504 g/mol. The van der Waals surface area contributed by atoms with Crippen molar-refractivity contribution >= 4 is 72.8 Å². The second kappa shape index (κ2) is 9.53. The molecule has 0 aliphatic carbocycles. The molecule has 0 bridgehead atoms. The van der Waals surface area contributed by atoms with Gasteiger partial charge in [0, 0.05) is 11.6 Å². The number of hydrogen-bond acceptors (Lipinski definition) is 6. The molecule has 7 nitrogen and oxygen atoms in total. The van der Waals surface area contributed by atoms with Gasteiger partial charge in [-0.15, -0.1) is 0 Å². The third-order valence-electron chi connectivity index (χ3n) is 5.06. The van der Waals surface area contributed by atoms with E-state index in [1.807, 2.05) is 30.3 Å². The van der Waals surface area contributed by atoms with Gasteiger partial charge in [-0.25, -0.2) is 8.42 Å². The highest BCUT2D eigenvalue weighted by Gasteiger charge is 2.23. The van der Waals surface area contributed by atoms with E-state index < -0.39 is 10.0 Å². The first-order chi connectivity index (χ1) is 16.9. The van der Waals surface area contributed by atoms with Gasteiger partial charge >= 0.3 is 0 Å². The number of sulfonamides is 1. The maximum absolute atomic E-state index is 12.6. The van der Waals surface area contributed by atoms with E-state index >= 15 is 0 Å². The van der Waals surface area contributed by atoms with Crippen LogP contribution in [-0.2, 0) is 14.8 Å². The van der Waals surface area contributed by atoms with Crippen molar-refractivity contribution in [2.45, 2.75) is 4.90 Å². The number of halogens is 1. The zero-order valence-electron chi connectivity index (χ0n) is 18.0. The second-order valence-corrected chi connectivity index (χ2v) is 10.6. The molecule has 5 rings (SSSR count). The van der Waals surface area contributed by atoms with Crippen LogP contribution in [0, 0.1) is 0 Å². The van der Waals surface area contributed by atoms with Gasteiger partial charge in [0.25, 0.3) is 15.9 Å². The number of rotatable bonds is 5. The number of amides is 1. The Bertz CT molecular complexity index is 1620. The van der Waals surface area contributed by atoms with E-state index in [-0.39, 0.29) is 10.8 Å². The Kier molecular flexibility index (Phi) is 6.29. The van der Waals surface area contributed by atoms with Crippen LogP contribution in [0.4, 0.5) is 11.4 Å². The van der Waals surface area contributed by atoms with E-state index in [0.29, 0.717) is 26.5 Å². The van der Waals surface area contributed by atoms with Gasteiger partial charge in [0.1, 0.15) is 0 Å². The standard InChI is InChI=1S/C25H17ClN4O3S2/c26-20-10-9-18(30-35(32,33)19-6-2-1-3-7-19)15-22(20)28-25-29-24(31)23(34-25)14-16-8-11-21-17(13-16)5-4-12-27-21/h1-15,30H,(H,28,29,31). The van der Waals surface area contributed by atoms with Gasteiger partial charge in [-0.2, -0.15) is 4.99 Å². The van der Waals surface area contributed by atoms with Crippen molar-refractivity contribution in [3.8, 4) is 0 Å². The molecule has 2 N–H and O–H groups in total. The summed E-state index contributed by atoms with van der Waals surface area (Å²) in [6, 6.07) is 22.3. The van der Waals surface area contributed by atoms with E-state index in [4.69, 9.17) is 11.6 Å². The first-order valence-corrected chi connectivity index (χ1v) is 13.1. The van der Waals surface area contributed by atoms with Crippen LogP contribution in [-0.4, -0.2) is 24.5 Å². The Balaban J connectivity index is 1.33. The first kappa shape index (κ1) is 23.1. The normalized spacial score (nSPS) is 14.8. The second-order valence-electron chi connectivity index (χ2n) is 7.53. The number of carbonyl (C=O) groups is 1. The zero-order valence-corrected chi connectivity index (χ0v) is 20.4. The molecular formula is C25H17ClN4O3S2. The number of nitrogens with one attached hydrogen (secondary N) is 2. The van der Waals surface area contributed by atoms with Gasteiger partial charge in [-0.05, 0) is 71.9 Å². The number of amidine groups is 1. The summed E-state index contributed by atoms with van der Waals surface area (Å²) >= 11 is 7.49. The predicted octanol–water partition coefficient (Wildman–Crippen LogP) is 5.77. The molecule has 0 fully saturated rings.